The second-order valence-electron chi connectivity index (χ2n) is 5.79. The van der Waals surface area contributed by atoms with E-state index < -0.39 is 0 Å². The Balaban J connectivity index is 1.81. The van der Waals surface area contributed by atoms with E-state index >= 15 is 0 Å². The maximum Gasteiger partial charge on any atom is 0.237 e. The van der Waals surface area contributed by atoms with Gasteiger partial charge in [0.15, 0.2) is 5.16 Å². The lowest BCUT2D eigenvalue weighted by molar-refractivity contribution is -0.115. The molecule has 0 aliphatic heterocycles. The van der Waals surface area contributed by atoms with Gasteiger partial charge in [-0.1, -0.05) is 48.5 Å². The Morgan fingerprint density at radius 3 is 2.76 bits per heavy atom. The Bertz CT molecular complexity index is 879. The number of halogens is 1. The summed E-state index contributed by atoms with van der Waals surface area (Å²) in [6, 6.07) is 15.2. The van der Waals surface area contributed by atoms with Crippen molar-refractivity contribution in [3.63, 3.8) is 0 Å². The average molecular weight is 374 g/mol. The number of nitrogens with one attached hydrogen (secondary N) is 1. The van der Waals surface area contributed by atoms with Crippen LogP contribution in [0.5, 0.6) is 0 Å². The number of hydrogen-bond donors (Lipinski definition) is 1. The van der Waals surface area contributed by atoms with E-state index in [2.05, 4.69) is 21.8 Å². The molecule has 2 aromatic carbocycles. The van der Waals surface area contributed by atoms with E-state index in [9.17, 15) is 4.79 Å². The van der Waals surface area contributed by atoms with Crippen LogP contribution in [0.25, 0.3) is 11.0 Å². The number of carbonyl (C=O) groups excluding carboxylic acids is 1. The van der Waals surface area contributed by atoms with E-state index in [1.807, 2.05) is 55.5 Å². The topological polar surface area (TPSA) is 46.9 Å². The largest absolute Gasteiger partial charge is 0.325 e. The SMILES string of the molecule is CCCn1c(SC(C)C(=O)Nc2ccccc2)nc2cc(Cl)ccc21. The number of carbonyl (C=O) groups is 1. The summed E-state index contributed by atoms with van der Waals surface area (Å²) in [5, 5.41) is 4.19. The number of rotatable bonds is 6. The Morgan fingerprint density at radius 1 is 1.28 bits per heavy atom. The summed E-state index contributed by atoms with van der Waals surface area (Å²) in [5.74, 6) is -0.0377. The molecule has 0 aliphatic carbocycles. The van der Waals surface area contributed by atoms with Gasteiger partial charge in [0.2, 0.25) is 5.91 Å². The maximum atomic E-state index is 12.5. The number of para-hydroxylation sites is 1. The summed E-state index contributed by atoms with van der Waals surface area (Å²) in [6.07, 6.45) is 0.992. The van der Waals surface area contributed by atoms with Crippen LogP contribution >= 0.6 is 23.4 Å². The third-order valence-corrected chi connectivity index (χ3v) is 5.14. The molecule has 1 aromatic heterocycles. The standard InChI is InChI=1S/C19H20ClN3OS/c1-3-11-23-17-10-9-14(20)12-16(17)22-19(23)25-13(2)18(24)21-15-7-5-4-6-8-15/h4-10,12-13H,3,11H2,1-2H3,(H,21,24). The predicted octanol–water partition coefficient (Wildman–Crippen LogP) is 5.22. The summed E-state index contributed by atoms with van der Waals surface area (Å²) < 4.78 is 2.16. The lowest BCUT2D eigenvalue weighted by Gasteiger charge is -2.13. The van der Waals surface area contributed by atoms with Crippen molar-refractivity contribution in [1.29, 1.82) is 0 Å². The monoisotopic (exact) mass is 373 g/mol. The van der Waals surface area contributed by atoms with Gasteiger partial charge >= 0.3 is 0 Å². The van der Waals surface area contributed by atoms with Gasteiger partial charge in [-0.25, -0.2) is 4.98 Å². The highest BCUT2D eigenvalue weighted by Crippen LogP contribution is 2.29. The molecule has 1 N–H and O–H groups in total. The Kier molecular flexibility index (Phi) is 5.66. The van der Waals surface area contributed by atoms with Gasteiger partial charge in [-0.15, -0.1) is 0 Å². The molecule has 25 heavy (non-hydrogen) atoms. The predicted molar refractivity (Wildman–Crippen MR) is 105 cm³/mol. The number of aryl methyl sites for hydroxylation is 1. The molecule has 0 radical (unpaired) electrons. The number of hydrogen-bond acceptors (Lipinski definition) is 3. The van der Waals surface area contributed by atoms with E-state index in [4.69, 9.17) is 11.6 Å². The van der Waals surface area contributed by atoms with E-state index in [-0.39, 0.29) is 11.2 Å². The minimum Gasteiger partial charge on any atom is -0.325 e. The first kappa shape index (κ1) is 17.8. The second-order valence-corrected chi connectivity index (χ2v) is 7.54. The van der Waals surface area contributed by atoms with Crippen LogP contribution in [0.3, 0.4) is 0 Å². The van der Waals surface area contributed by atoms with Gasteiger partial charge in [-0.05, 0) is 43.7 Å². The minimum absolute atomic E-state index is 0.0377. The van der Waals surface area contributed by atoms with Crippen molar-refractivity contribution < 1.29 is 4.79 Å². The zero-order chi connectivity index (χ0) is 17.8. The van der Waals surface area contributed by atoms with Crippen molar-refractivity contribution in [3.8, 4) is 0 Å². The molecular formula is C19H20ClN3OS. The summed E-state index contributed by atoms with van der Waals surface area (Å²) in [5.41, 5.74) is 2.71. The van der Waals surface area contributed by atoms with Crippen molar-refractivity contribution in [3.05, 3.63) is 53.6 Å². The van der Waals surface area contributed by atoms with Crippen LogP contribution in [-0.2, 0) is 11.3 Å². The summed E-state index contributed by atoms with van der Waals surface area (Å²) >= 11 is 7.55. The van der Waals surface area contributed by atoms with Crippen molar-refractivity contribution in [1.82, 2.24) is 9.55 Å². The normalized spacial score (nSPS) is 12.3. The quantitative estimate of drug-likeness (QED) is 0.602. The van der Waals surface area contributed by atoms with Crippen LogP contribution < -0.4 is 5.32 Å². The lowest BCUT2D eigenvalue weighted by Crippen LogP contribution is -2.22. The molecular weight excluding hydrogens is 354 g/mol. The molecule has 1 amide bonds. The van der Waals surface area contributed by atoms with Gasteiger partial charge in [-0.2, -0.15) is 0 Å². The van der Waals surface area contributed by atoms with E-state index in [1.54, 1.807) is 0 Å². The first-order valence-electron chi connectivity index (χ1n) is 8.27. The number of nitrogens with zero attached hydrogens (tertiary/aromatic N) is 2. The molecule has 0 fully saturated rings. The average Bonchev–Trinajstić information content (AvgIpc) is 2.92. The molecule has 130 valence electrons. The number of imidazole rings is 1. The highest BCUT2D eigenvalue weighted by atomic mass is 35.5. The van der Waals surface area contributed by atoms with E-state index in [0.29, 0.717) is 5.02 Å². The van der Waals surface area contributed by atoms with Gasteiger partial charge < -0.3 is 9.88 Å². The van der Waals surface area contributed by atoms with Crippen LogP contribution in [0.2, 0.25) is 5.02 Å². The number of thioether (sulfide) groups is 1. The third-order valence-electron chi connectivity index (χ3n) is 3.82. The molecule has 4 nitrogen and oxygen atoms in total. The van der Waals surface area contributed by atoms with E-state index in [1.165, 1.54) is 11.8 Å². The highest BCUT2D eigenvalue weighted by molar-refractivity contribution is 8.00. The van der Waals surface area contributed by atoms with Crippen LogP contribution in [0.15, 0.2) is 53.7 Å². The number of amides is 1. The number of benzene rings is 2. The molecule has 1 heterocycles. The van der Waals surface area contributed by atoms with Crippen molar-refractivity contribution in [2.24, 2.45) is 0 Å². The highest BCUT2D eigenvalue weighted by Gasteiger charge is 2.19. The van der Waals surface area contributed by atoms with Gasteiger partial charge in [-0.3, -0.25) is 4.79 Å². The molecule has 0 saturated carbocycles. The van der Waals surface area contributed by atoms with Crippen LogP contribution in [0, 0.1) is 0 Å². The molecule has 0 spiro atoms. The van der Waals surface area contributed by atoms with Gasteiger partial charge in [0, 0.05) is 17.3 Å². The van der Waals surface area contributed by atoms with Crippen LogP contribution in [0.4, 0.5) is 5.69 Å². The molecule has 0 bridgehead atoms. The zero-order valence-electron chi connectivity index (χ0n) is 14.2. The fraction of sp³-hybridized carbons (Fsp3) is 0.263. The summed E-state index contributed by atoms with van der Waals surface area (Å²) in [6.45, 7) is 4.88. The lowest BCUT2D eigenvalue weighted by atomic mass is 10.3. The number of aromatic nitrogens is 2. The summed E-state index contributed by atoms with van der Waals surface area (Å²) in [4.78, 5) is 17.1. The van der Waals surface area contributed by atoms with E-state index in [0.717, 1.165) is 34.8 Å². The van der Waals surface area contributed by atoms with Crippen molar-refractivity contribution in [2.75, 3.05) is 5.32 Å². The third kappa shape index (κ3) is 4.17. The molecule has 3 aromatic rings. The van der Waals surface area contributed by atoms with Gasteiger partial charge in [0.05, 0.1) is 16.3 Å². The smallest absolute Gasteiger partial charge is 0.237 e. The molecule has 0 saturated heterocycles. The van der Waals surface area contributed by atoms with Crippen LogP contribution in [-0.4, -0.2) is 20.7 Å². The summed E-state index contributed by atoms with van der Waals surface area (Å²) in [7, 11) is 0. The van der Waals surface area contributed by atoms with Crippen LogP contribution in [0.1, 0.15) is 20.3 Å². The fourth-order valence-electron chi connectivity index (χ4n) is 2.59. The number of fused-ring (bicyclic) bond motifs is 1. The zero-order valence-corrected chi connectivity index (χ0v) is 15.8. The van der Waals surface area contributed by atoms with Gasteiger partial charge in [0.25, 0.3) is 0 Å². The molecule has 0 aliphatic rings. The molecule has 3 rings (SSSR count). The fourth-order valence-corrected chi connectivity index (χ4v) is 3.70. The Morgan fingerprint density at radius 2 is 2.04 bits per heavy atom. The van der Waals surface area contributed by atoms with Crippen molar-refractivity contribution >= 4 is 46.0 Å². The molecule has 6 heteroatoms. The molecule has 1 atom stereocenters. The minimum atomic E-state index is -0.261. The van der Waals surface area contributed by atoms with Crippen molar-refractivity contribution in [2.45, 2.75) is 37.2 Å². The first-order chi connectivity index (χ1) is 12.1. The Hall–Kier alpha value is -1.98. The first-order valence-corrected chi connectivity index (χ1v) is 9.52. The second kappa shape index (κ2) is 7.93. The molecule has 1 unspecified atom stereocenters. The van der Waals surface area contributed by atoms with Gasteiger partial charge in [0.1, 0.15) is 0 Å². The Labute approximate surface area is 156 Å². The maximum absolute atomic E-state index is 12.5. The number of anilines is 1.